The van der Waals surface area contributed by atoms with Gasteiger partial charge in [0.05, 0.1) is 6.04 Å². The molecule has 18 heavy (non-hydrogen) atoms. The van der Waals surface area contributed by atoms with E-state index in [1.54, 1.807) is 0 Å². The van der Waals surface area contributed by atoms with Gasteiger partial charge in [-0.25, -0.2) is 0 Å². The molecule has 1 aromatic rings. The van der Waals surface area contributed by atoms with Crippen molar-refractivity contribution in [3.63, 3.8) is 0 Å². The molecule has 0 aromatic heterocycles. The lowest BCUT2D eigenvalue weighted by Gasteiger charge is -2.13. The van der Waals surface area contributed by atoms with Gasteiger partial charge in [0.15, 0.2) is 0 Å². The zero-order chi connectivity index (χ0) is 13.2. The number of rotatable bonds is 5. The first-order chi connectivity index (χ1) is 8.49. The minimum atomic E-state index is -0.401. The van der Waals surface area contributed by atoms with Gasteiger partial charge in [0, 0.05) is 6.04 Å². The molecule has 2 rings (SSSR count). The fraction of sp³-hybridized carbons (Fsp3) is 0.533. The third-order valence-electron chi connectivity index (χ3n) is 3.75. The van der Waals surface area contributed by atoms with Crippen LogP contribution in [0.15, 0.2) is 30.3 Å². The molecule has 3 N–H and O–H groups in total. The van der Waals surface area contributed by atoms with Gasteiger partial charge in [0.2, 0.25) is 5.91 Å². The van der Waals surface area contributed by atoms with Crippen molar-refractivity contribution in [1.29, 1.82) is 0 Å². The first kappa shape index (κ1) is 13.1. The molecule has 0 radical (unpaired) electrons. The van der Waals surface area contributed by atoms with Gasteiger partial charge in [-0.3, -0.25) is 4.79 Å². The molecular formula is C15H22N2O. The zero-order valence-corrected chi connectivity index (χ0v) is 11.1. The highest BCUT2D eigenvalue weighted by molar-refractivity contribution is 5.82. The van der Waals surface area contributed by atoms with Gasteiger partial charge in [-0.05, 0) is 30.2 Å². The number of carbonyl (C=O) groups is 1. The topological polar surface area (TPSA) is 55.1 Å². The Balaban J connectivity index is 1.74. The van der Waals surface area contributed by atoms with Gasteiger partial charge < -0.3 is 11.1 Å². The minimum absolute atomic E-state index is 0.0125. The van der Waals surface area contributed by atoms with Gasteiger partial charge in [0.1, 0.15) is 0 Å². The predicted molar refractivity (Wildman–Crippen MR) is 73.1 cm³/mol. The quantitative estimate of drug-likeness (QED) is 0.833. The maximum absolute atomic E-state index is 11.9. The second-order valence-corrected chi connectivity index (χ2v) is 5.88. The van der Waals surface area contributed by atoms with Crippen molar-refractivity contribution in [3.05, 3.63) is 35.9 Å². The standard InChI is InChI=1S/C15H22N2O/c1-15(2)10-13(15)17-14(18)12(16)9-8-11-6-4-3-5-7-11/h3-7,12-13H,8-10,16H2,1-2H3,(H,17,18). The molecule has 0 saturated heterocycles. The molecule has 2 atom stereocenters. The summed E-state index contributed by atoms with van der Waals surface area (Å²) in [5, 5.41) is 3.02. The fourth-order valence-electron chi connectivity index (χ4n) is 2.09. The third-order valence-corrected chi connectivity index (χ3v) is 3.75. The summed E-state index contributed by atoms with van der Waals surface area (Å²) in [6, 6.07) is 10.0. The summed E-state index contributed by atoms with van der Waals surface area (Å²) in [4.78, 5) is 11.9. The third kappa shape index (κ3) is 3.33. The van der Waals surface area contributed by atoms with E-state index in [9.17, 15) is 4.79 Å². The van der Waals surface area contributed by atoms with Crippen molar-refractivity contribution >= 4 is 5.91 Å². The second kappa shape index (κ2) is 5.11. The van der Waals surface area contributed by atoms with Gasteiger partial charge in [-0.1, -0.05) is 44.2 Å². The molecule has 2 unspecified atom stereocenters. The number of benzene rings is 1. The van der Waals surface area contributed by atoms with Crippen LogP contribution in [0.25, 0.3) is 0 Å². The van der Waals surface area contributed by atoms with Crippen LogP contribution in [0.4, 0.5) is 0 Å². The number of hydrogen-bond acceptors (Lipinski definition) is 2. The summed E-state index contributed by atoms with van der Waals surface area (Å²) in [5.41, 5.74) is 7.41. The van der Waals surface area contributed by atoms with Crippen molar-refractivity contribution in [2.75, 3.05) is 0 Å². The molecule has 1 saturated carbocycles. The number of nitrogens with one attached hydrogen (secondary N) is 1. The minimum Gasteiger partial charge on any atom is -0.351 e. The number of aryl methyl sites for hydroxylation is 1. The number of carbonyl (C=O) groups excluding carboxylic acids is 1. The molecule has 0 aliphatic heterocycles. The Morgan fingerprint density at radius 1 is 1.44 bits per heavy atom. The molecule has 1 aliphatic carbocycles. The van der Waals surface area contributed by atoms with Gasteiger partial charge >= 0.3 is 0 Å². The molecule has 0 spiro atoms. The molecule has 1 fully saturated rings. The van der Waals surface area contributed by atoms with E-state index in [2.05, 4.69) is 31.3 Å². The van der Waals surface area contributed by atoms with Crippen LogP contribution in [0.3, 0.4) is 0 Å². The van der Waals surface area contributed by atoms with Crippen molar-refractivity contribution in [2.45, 2.75) is 45.2 Å². The molecule has 0 heterocycles. The molecule has 0 bridgehead atoms. The first-order valence-corrected chi connectivity index (χ1v) is 6.59. The lowest BCUT2D eigenvalue weighted by Crippen LogP contribution is -2.42. The highest BCUT2D eigenvalue weighted by Gasteiger charge is 2.46. The van der Waals surface area contributed by atoms with E-state index >= 15 is 0 Å². The summed E-state index contributed by atoms with van der Waals surface area (Å²) in [5.74, 6) is -0.0125. The van der Waals surface area contributed by atoms with Crippen molar-refractivity contribution in [2.24, 2.45) is 11.1 Å². The van der Waals surface area contributed by atoms with Crippen LogP contribution in [0.2, 0.25) is 0 Å². The Labute approximate surface area is 109 Å². The largest absolute Gasteiger partial charge is 0.351 e. The summed E-state index contributed by atoms with van der Waals surface area (Å²) in [7, 11) is 0. The highest BCUT2D eigenvalue weighted by Crippen LogP contribution is 2.44. The first-order valence-electron chi connectivity index (χ1n) is 6.59. The Bertz CT molecular complexity index is 414. The zero-order valence-electron chi connectivity index (χ0n) is 11.1. The van der Waals surface area contributed by atoms with Gasteiger partial charge in [-0.15, -0.1) is 0 Å². The SMILES string of the molecule is CC1(C)CC1NC(=O)C(N)CCc1ccccc1. The second-order valence-electron chi connectivity index (χ2n) is 5.88. The lowest BCUT2D eigenvalue weighted by atomic mass is 10.1. The molecule has 1 amide bonds. The smallest absolute Gasteiger partial charge is 0.237 e. The van der Waals surface area contributed by atoms with E-state index in [4.69, 9.17) is 5.73 Å². The average molecular weight is 246 g/mol. The van der Waals surface area contributed by atoms with Crippen molar-refractivity contribution in [1.82, 2.24) is 5.32 Å². The van der Waals surface area contributed by atoms with E-state index in [1.165, 1.54) is 5.56 Å². The maximum Gasteiger partial charge on any atom is 0.237 e. The normalized spacial score (nSPS) is 22.3. The lowest BCUT2D eigenvalue weighted by molar-refractivity contribution is -0.122. The average Bonchev–Trinajstić information content (AvgIpc) is 2.94. The summed E-state index contributed by atoms with van der Waals surface area (Å²) >= 11 is 0. The van der Waals surface area contributed by atoms with E-state index in [1.807, 2.05) is 18.2 Å². The monoisotopic (exact) mass is 246 g/mol. The van der Waals surface area contributed by atoms with E-state index in [0.717, 1.165) is 12.8 Å². The van der Waals surface area contributed by atoms with Crippen LogP contribution in [-0.2, 0) is 11.2 Å². The summed E-state index contributed by atoms with van der Waals surface area (Å²) in [6.45, 7) is 4.32. The highest BCUT2D eigenvalue weighted by atomic mass is 16.2. The molecule has 1 aromatic carbocycles. The van der Waals surface area contributed by atoms with E-state index in [-0.39, 0.29) is 11.3 Å². The van der Waals surface area contributed by atoms with E-state index < -0.39 is 6.04 Å². The molecular weight excluding hydrogens is 224 g/mol. The molecule has 98 valence electrons. The number of amides is 1. The van der Waals surface area contributed by atoms with E-state index in [0.29, 0.717) is 12.5 Å². The Kier molecular flexibility index (Phi) is 3.71. The summed E-state index contributed by atoms with van der Waals surface area (Å²) < 4.78 is 0. The van der Waals surface area contributed by atoms with Gasteiger partial charge in [-0.2, -0.15) is 0 Å². The van der Waals surface area contributed by atoms with Crippen LogP contribution < -0.4 is 11.1 Å². The van der Waals surface area contributed by atoms with Crippen LogP contribution >= 0.6 is 0 Å². The molecule has 3 heteroatoms. The Morgan fingerprint density at radius 3 is 2.61 bits per heavy atom. The van der Waals surface area contributed by atoms with Crippen LogP contribution in [0.5, 0.6) is 0 Å². The Morgan fingerprint density at radius 2 is 2.06 bits per heavy atom. The summed E-state index contributed by atoms with van der Waals surface area (Å²) in [6.07, 6.45) is 2.61. The maximum atomic E-state index is 11.9. The van der Waals surface area contributed by atoms with Crippen LogP contribution in [-0.4, -0.2) is 18.0 Å². The van der Waals surface area contributed by atoms with Crippen LogP contribution in [0, 0.1) is 5.41 Å². The predicted octanol–water partition coefficient (Wildman–Crippen LogP) is 1.86. The number of hydrogen-bond donors (Lipinski definition) is 2. The van der Waals surface area contributed by atoms with Gasteiger partial charge in [0.25, 0.3) is 0 Å². The molecule has 3 nitrogen and oxygen atoms in total. The molecule has 1 aliphatic rings. The van der Waals surface area contributed by atoms with Crippen LogP contribution in [0.1, 0.15) is 32.3 Å². The Hall–Kier alpha value is -1.35. The van der Waals surface area contributed by atoms with Crippen molar-refractivity contribution in [3.8, 4) is 0 Å². The number of nitrogens with two attached hydrogens (primary N) is 1. The van der Waals surface area contributed by atoms with Crippen molar-refractivity contribution < 1.29 is 4.79 Å². The fourth-order valence-corrected chi connectivity index (χ4v) is 2.09.